The number of methoxy groups -OCH3 is 1. The predicted molar refractivity (Wildman–Crippen MR) is 64.0 cm³/mol. The summed E-state index contributed by atoms with van der Waals surface area (Å²) in [7, 11) is 1.48. The molecule has 0 saturated carbocycles. The highest BCUT2D eigenvalue weighted by Gasteiger charge is 2.14. The van der Waals surface area contributed by atoms with Crippen molar-refractivity contribution in [1.82, 2.24) is 0 Å². The largest absolute Gasteiger partial charge is 0.493 e. The Morgan fingerprint density at radius 2 is 2.12 bits per heavy atom. The second kappa shape index (κ2) is 5.97. The Hall–Kier alpha value is -0.930. The Labute approximate surface area is 104 Å². The molecule has 16 heavy (non-hydrogen) atoms. The van der Waals surface area contributed by atoms with Crippen LogP contribution in [0.15, 0.2) is 12.1 Å². The van der Waals surface area contributed by atoms with Crippen molar-refractivity contribution in [2.45, 2.75) is 13.3 Å². The molecule has 0 amide bonds. The van der Waals surface area contributed by atoms with E-state index in [2.05, 4.69) is 0 Å². The molecule has 0 atom stereocenters. The maximum absolute atomic E-state index is 11.0. The first-order valence-electron chi connectivity index (χ1n) is 4.80. The van der Waals surface area contributed by atoms with Gasteiger partial charge in [-0.1, -0.05) is 18.5 Å². The standard InChI is InChI=1S/C11H12Cl2O3/c1-3-4-16-10-8(12)5-7(11(13)14)6-9(10)15-2/h5-6H,3-4H2,1-2H3. The van der Waals surface area contributed by atoms with Crippen LogP contribution < -0.4 is 9.47 Å². The zero-order valence-corrected chi connectivity index (χ0v) is 10.6. The molecule has 0 bridgehead atoms. The smallest absolute Gasteiger partial charge is 0.252 e. The summed E-state index contributed by atoms with van der Waals surface area (Å²) in [6, 6.07) is 2.97. The van der Waals surface area contributed by atoms with Crippen molar-refractivity contribution < 1.29 is 14.3 Å². The molecule has 0 fully saturated rings. The van der Waals surface area contributed by atoms with Crippen LogP contribution in [0.3, 0.4) is 0 Å². The minimum absolute atomic E-state index is 0.285. The quantitative estimate of drug-likeness (QED) is 0.762. The lowest BCUT2D eigenvalue weighted by molar-refractivity contribution is 0.108. The number of carbonyl (C=O) groups is 1. The van der Waals surface area contributed by atoms with Crippen molar-refractivity contribution in [2.75, 3.05) is 13.7 Å². The van der Waals surface area contributed by atoms with Gasteiger partial charge in [0.1, 0.15) is 0 Å². The summed E-state index contributed by atoms with van der Waals surface area (Å²) in [6.07, 6.45) is 0.857. The van der Waals surface area contributed by atoms with E-state index in [1.165, 1.54) is 19.2 Å². The fraction of sp³-hybridized carbons (Fsp3) is 0.364. The summed E-state index contributed by atoms with van der Waals surface area (Å²) >= 11 is 11.3. The average Bonchev–Trinajstić information content (AvgIpc) is 2.26. The van der Waals surface area contributed by atoms with Crippen LogP contribution in [0.4, 0.5) is 0 Å². The van der Waals surface area contributed by atoms with E-state index >= 15 is 0 Å². The van der Waals surface area contributed by atoms with Gasteiger partial charge in [0.15, 0.2) is 11.5 Å². The second-order valence-electron chi connectivity index (χ2n) is 3.11. The molecule has 88 valence electrons. The Kier molecular flexibility index (Phi) is 4.90. The van der Waals surface area contributed by atoms with E-state index < -0.39 is 5.24 Å². The number of rotatable bonds is 5. The van der Waals surface area contributed by atoms with Gasteiger partial charge in [0, 0.05) is 5.56 Å². The maximum Gasteiger partial charge on any atom is 0.252 e. The summed E-state index contributed by atoms with van der Waals surface area (Å²) in [6.45, 7) is 2.52. The fourth-order valence-electron chi connectivity index (χ4n) is 1.18. The first-order valence-corrected chi connectivity index (χ1v) is 5.55. The van der Waals surface area contributed by atoms with Gasteiger partial charge in [0.2, 0.25) is 0 Å². The van der Waals surface area contributed by atoms with Gasteiger partial charge in [0.25, 0.3) is 5.24 Å². The Morgan fingerprint density at radius 1 is 1.44 bits per heavy atom. The molecule has 0 spiro atoms. The number of halogens is 2. The molecule has 1 rings (SSSR count). The molecule has 0 saturated heterocycles. The zero-order chi connectivity index (χ0) is 12.1. The molecule has 0 aliphatic heterocycles. The summed E-state index contributed by atoms with van der Waals surface area (Å²) in [5.41, 5.74) is 0.285. The van der Waals surface area contributed by atoms with E-state index in [0.717, 1.165) is 6.42 Å². The molecule has 0 unspecified atom stereocenters. The van der Waals surface area contributed by atoms with E-state index in [-0.39, 0.29) is 5.56 Å². The second-order valence-corrected chi connectivity index (χ2v) is 3.86. The van der Waals surface area contributed by atoms with Gasteiger partial charge in [-0.3, -0.25) is 4.79 Å². The van der Waals surface area contributed by atoms with E-state index in [4.69, 9.17) is 32.7 Å². The molecule has 0 radical (unpaired) electrons. The van der Waals surface area contributed by atoms with E-state index in [1.54, 1.807) is 0 Å². The lowest BCUT2D eigenvalue weighted by Crippen LogP contribution is -2.00. The van der Waals surface area contributed by atoms with Crippen molar-refractivity contribution in [3.63, 3.8) is 0 Å². The monoisotopic (exact) mass is 262 g/mol. The minimum Gasteiger partial charge on any atom is -0.493 e. The normalized spacial score (nSPS) is 10.0. The maximum atomic E-state index is 11.0. The molecule has 1 aromatic carbocycles. The number of carbonyl (C=O) groups excluding carboxylic acids is 1. The number of ether oxygens (including phenoxy) is 2. The van der Waals surface area contributed by atoms with E-state index in [1.807, 2.05) is 6.92 Å². The summed E-state index contributed by atoms with van der Waals surface area (Å²) in [5, 5.41) is -0.265. The summed E-state index contributed by atoms with van der Waals surface area (Å²) in [4.78, 5) is 11.0. The van der Waals surface area contributed by atoms with E-state index in [9.17, 15) is 4.79 Å². The van der Waals surface area contributed by atoms with Gasteiger partial charge in [0.05, 0.1) is 18.7 Å². The van der Waals surface area contributed by atoms with Crippen LogP contribution >= 0.6 is 23.2 Å². The average molecular weight is 263 g/mol. The minimum atomic E-state index is -0.581. The van der Waals surface area contributed by atoms with Gasteiger partial charge >= 0.3 is 0 Å². The van der Waals surface area contributed by atoms with Crippen LogP contribution in [0.25, 0.3) is 0 Å². The molecule has 3 nitrogen and oxygen atoms in total. The Balaban J connectivity index is 3.12. The molecule has 0 heterocycles. The summed E-state index contributed by atoms with van der Waals surface area (Å²) in [5.74, 6) is 0.845. The van der Waals surface area contributed by atoms with Crippen LogP contribution in [0.5, 0.6) is 11.5 Å². The molecular weight excluding hydrogens is 251 g/mol. The molecule has 0 N–H and O–H groups in total. The summed E-state index contributed by atoms with van der Waals surface area (Å²) < 4.78 is 10.5. The van der Waals surface area contributed by atoms with Crippen molar-refractivity contribution in [1.29, 1.82) is 0 Å². The highest BCUT2D eigenvalue weighted by molar-refractivity contribution is 6.67. The number of hydrogen-bond donors (Lipinski definition) is 0. The number of hydrogen-bond acceptors (Lipinski definition) is 3. The lowest BCUT2D eigenvalue weighted by atomic mass is 10.2. The van der Waals surface area contributed by atoms with Gasteiger partial charge in [-0.25, -0.2) is 0 Å². The lowest BCUT2D eigenvalue weighted by Gasteiger charge is -2.12. The van der Waals surface area contributed by atoms with Crippen LogP contribution in [0.1, 0.15) is 23.7 Å². The predicted octanol–water partition coefficient (Wildman–Crippen LogP) is 3.52. The van der Waals surface area contributed by atoms with Gasteiger partial charge in [-0.2, -0.15) is 0 Å². The fourth-order valence-corrected chi connectivity index (χ4v) is 1.55. The van der Waals surface area contributed by atoms with Crippen molar-refractivity contribution in [2.24, 2.45) is 0 Å². The Bertz CT molecular complexity index is 391. The Morgan fingerprint density at radius 3 is 2.62 bits per heavy atom. The topological polar surface area (TPSA) is 35.5 Å². The SMILES string of the molecule is CCCOc1c(Cl)cc(C(=O)Cl)cc1OC. The van der Waals surface area contributed by atoms with Gasteiger partial charge < -0.3 is 9.47 Å². The molecule has 0 aromatic heterocycles. The molecule has 5 heteroatoms. The van der Waals surface area contributed by atoms with Crippen LogP contribution in [0.2, 0.25) is 5.02 Å². The first-order chi connectivity index (χ1) is 7.60. The molecule has 0 aliphatic rings. The van der Waals surface area contributed by atoms with Crippen molar-refractivity contribution in [3.8, 4) is 11.5 Å². The highest BCUT2D eigenvalue weighted by atomic mass is 35.5. The van der Waals surface area contributed by atoms with E-state index in [0.29, 0.717) is 23.1 Å². The third kappa shape index (κ3) is 3.03. The van der Waals surface area contributed by atoms with Crippen LogP contribution in [0, 0.1) is 0 Å². The van der Waals surface area contributed by atoms with Crippen molar-refractivity contribution in [3.05, 3.63) is 22.7 Å². The van der Waals surface area contributed by atoms with Gasteiger partial charge in [-0.15, -0.1) is 0 Å². The van der Waals surface area contributed by atoms with Crippen LogP contribution in [-0.4, -0.2) is 19.0 Å². The molecule has 1 aromatic rings. The van der Waals surface area contributed by atoms with Crippen molar-refractivity contribution >= 4 is 28.4 Å². The number of benzene rings is 1. The highest BCUT2D eigenvalue weighted by Crippen LogP contribution is 2.36. The zero-order valence-electron chi connectivity index (χ0n) is 9.05. The third-order valence-corrected chi connectivity index (χ3v) is 2.41. The molecular formula is C11H12Cl2O3. The van der Waals surface area contributed by atoms with Crippen LogP contribution in [-0.2, 0) is 0 Å². The third-order valence-electron chi connectivity index (χ3n) is 1.91. The molecule has 0 aliphatic carbocycles. The van der Waals surface area contributed by atoms with Gasteiger partial charge in [-0.05, 0) is 30.2 Å². The first kappa shape index (κ1) is 13.1.